The molecule has 0 bridgehead atoms. The van der Waals surface area contributed by atoms with Crippen LogP contribution >= 0.6 is 15.9 Å². The van der Waals surface area contributed by atoms with Crippen LogP contribution in [0.3, 0.4) is 0 Å². The molecule has 0 aliphatic heterocycles. The van der Waals surface area contributed by atoms with Crippen LogP contribution in [-0.2, 0) is 0 Å². The van der Waals surface area contributed by atoms with E-state index in [0.717, 1.165) is 15.4 Å². The highest BCUT2D eigenvalue weighted by Crippen LogP contribution is 2.24. The van der Waals surface area contributed by atoms with Crippen molar-refractivity contribution < 1.29 is 9.21 Å². The molecule has 2 aromatic carbocycles. The van der Waals surface area contributed by atoms with Gasteiger partial charge in [0.2, 0.25) is 5.78 Å². The summed E-state index contributed by atoms with van der Waals surface area (Å²) in [5.41, 5.74) is 1.34. The van der Waals surface area contributed by atoms with Crippen LogP contribution in [-0.4, -0.2) is 5.78 Å². The molecule has 3 aromatic rings. The van der Waals surface area contributed by atoms with Gasteiger partial charge in [0.1, 0.15) is 5.58 Å². The van der Waals surface area contributed by atoms with Gasteiger partial charge in [-0.2, -0.15) is 0 Å². The van der Waals surface area contributed by atoms with E-state index >= 15 is 0 Å². The first-order valence-corrected chi connectivity index (χ1v) is 6.33. The number of para-hydroxylation sites is 1. The zero-order valence-electron chi connectivity index (χ0n) is 9.39. The first kappa shape index (κ1) is 11.2. The molecule has 0 atom stereocenters. The number of fused-ring (bicyclic) bond motifs is 1. The van der Waals surface area contributed by atoms with E-state index in [1.165, 1.54) is 0 Å². The van der Waals surface area contributed by atoms with Crippen molar-refractivity contribution in [3.05, 3.63) is 70.4 Å². The second-order valence-corrected chi connectivity index (χ2v) is 4.81. The second-order valence-electron chi connectivity index (χ2n) is 3.96. The maximum atomic E-state index is 12.3. The van der Waals surface area contributed by atoms with Crippen molar-refractivity contribution in [2.24, 2.45) is 0 Å². The molecule has 0 spiro atoms. The number of benzene rings is 2. The van der Waals surface area contributed by atoms with Crippen molar-refractivity contribution in [1.82, 2.24) is 0 Å². The average molecular weight is 301 g/mol. The minimum atomic E-state index is -0.112. The van der Waals surface area contributed by atoms with Gasteiger partial charge in [-0.3, -0.25) is 4.79 Å². The Kier molecular flexibility index (Phi) is 2.76. The third-order valence-corrected chi connectivity index (χ3v) is 3.46. The predicted molar refractivity (Wildman–Crippen MR) is 73.8 cm³/mol. The SMILES string of the molecule is O=C(c1cc2ccccc2o1)c1ccccc1Br. The number of ketones is 1. The van der Waals surface area contributed by atoms with Crippen molar-refractivity contribution in [2.45, 2.75) is 0 Å². The lowest BCUT2D eigenvalue weighted by atomic mass is 10.1. The molecular formula is C15H9BrO2. The van der Waals surface area contributed by atoms with E-state index in [1.54, 1.807) is 12.1 Å². The molecule has 3 rings (SSSR count). The van der Waals surface area contributed by atoms with E-state index in [4.69, 9.17) is 4.42 Å². The average Bonchev–Trinajstić information content (AvgIpc) is 2.82. The summed E-state index contributed by atoms with van der Waals surface area (Å²) in [7, 11) is 0. The smallest absolute Gasteiger partial charge is 0.229 e. The molecule has 2 nitrogen and oxygen atoms in total. The van der Waals surface area contributed by atoms with Crippen molar-refractivity contribution in [2.75, 3.05) is 0 Å². The van der Waals surface area contributed by atoms with Gasteiger partial charge in [-0.25, -0.2) is 0 Å². The number of halogens is 1. The topological polar surface area (TPSA) is 30.2 Å². The van der Waals surface area contributed by atoms with Crippen LogP contribution in [0.4, 0.5) is 0 Å². The van der Waals surface area contributed by atoms with Crippen LogP contribution < -0.4 is 0 Å². The van der Waals surface area contributed by atoms with E-state index in [-0.39, 0.29) is 5.78 Å². The molecular weight excluding hydrogens is 292 g/mol. The first-order chi connectivity index (χ1) is 8.75. The lowest BCUT2D eigenvalue weighted by Gasteiger charge is -1.99. The molecule has 18 heavy (non-hydrogen) atoms. The standard InChI is InChI=1S/C15H9BrO2/c16-12-7-3-2-6-11(12)15(17)14-9-10-5-1-4-8-13(10)18-14/h1-9H. The lowest BCUT2D eigenvalue weighted by Crippen LogP contribution is -2.00. The molecule has 3 heteroatoms. The van der Waals surface area contributed by atoms with Crippen LogP contribution in [0.5, 0.6) is 0 Å². The van der Waals surface area contributed by atoms with Gasteiger partial charge in [0.05, 0.1) is 0 Å². The number of rotatable bonds is 2. The van der Waals surface area contributed by atoms with Crippen molar-refractivity contribution in [3.63, 3.8) is 0 Å². The lowest BCUT2D eigenvalue weighted by molar-refractivity contribution is 0.101. The Hall–Kier alpha value is -1.87. The monoisotopic (exact) mass is 300 g/mol. The molecule has 0 N–H and O–H groups in total. The van der Waals surface area contributed by atoms with E-state index in [0.29, 0.717) is 11.3 Å². The van der Waals surface area contributed by atoms with Crippen LogP contribution in [0.2, 0.25) is 0 Å². The van der Waals surface area contributed by atoms with E-state index in [1.807, 2.05) is 42.5 Å². The highest BCUT2D eigenvalue weighted by Gasteiger charge is 2.16. The van der Waals surface area contributed by atoms with Crippen molar-refractivity contribution in [3.8, 4) is 0 Å². The Morgan fingerprint density at radius 3 is 2.50 bits per heavy atom. The number of carbonyl (C=O) groups excluding carboxylic acids is 1. The second kappa shape index (κ2) is 4.42. The number of hydrogen-bond donors (Lipinski definition) is 0. The Morgan fingerprint density at radius 2 is 1.72 bits per heavy atom. The molecule has 0 saturated carbocycles. The summed E-state index contributed by atoms with van der Waals surface area (Å²) in [5, 5.41) is 0.938. The fraction of sp³-hybridized carbons (Fsp3) is 0. The highest BCUT2D eigenvalue weighted by atomic mass is 79.9. The fourth-order valence-corrected chi connectivity index (χ4v) is 2.34. The molecule has 0 aliphatic rings. The highest BCUT2D eigenvalue weighted by molar-refractivity contribution is 9.10. The number of hydrogen-bond acceptors (Lipinski definition) is 2. The third kappa shape index (κ3) is 1.87. The molecule has 0 unspecified atom stereocenters. The van der Waals surface area contributed by atoms with Gasteiger partial charge in [-0.15, -0.1) is 0 Å². The summed E-state index contributed by atoms with van der Waals surface area (Å²) < 4.78 is 6.34. The summed E-state index contributed by atoms with van der Waals surface area (Å²) in [4.78, 5) is 12.3. The first-order valence-electron chi connectivity index (χ1n) is 5.53. The van der Waals surface area contributed by atoms with Crippen LogP contribution in [0, 0.1) is 0 Å². The van der Waals surface area contributed by atoms with Gasteiger partial charge in [-0.1, -0.05) is 46.3 Å². The molecule has 1 heterocycles. The van der Waals surface area contributed by atoms with Crippen LogP contribution in [0.15, 0.2) is 63.5 Å². The largest absolute Gasteiger partial charge is 0.453 e. The summed E-state index contributed by atoms with van der Waals surface area (Å²) in [6.45, 7) is 0. The normalized spacial score (nSPS) is 10.7. The zero-order chi connectivity index (χ0) is 12.5. The maximum absolute atomic E-state index is 12.3. The van der Waals surface area contributed by atoms with Crippen molar-refractivity contribution in [1.29, 1.82) is 0 Å². The van der Waals surface area contributed by atoms with Crippen LogP contribution in [0.25, 0.3) is 11.0 Å². The molecule has 0 aliphatic carbocycles. The predicted octanol–water partition coefficient (Wildman–Crippen LogP) is 4.43. The molecule has 0 fully saturated rings. The Balaban J connectivity index is 2.10. The summed E-state index contributed by atoms with van der Waals surface area (Å²) in [6.07, 6.45) is 0. The third-order valence-electron chi connectivity index (χ3n) is 2.77. The zero-order valence-corrected chi connectivity index (χ0v) is 11.0. The van der Waals surface area contributed by atoms with Gasteiger partial charge in [0.25, 0.3) is 0 Å². The molecule has 1 aromatic heterocycles. The van der Waals surface area contributed by atoms with Gasteiger partial charge >= 0.3 is 0 Å². The Bertz CT molecular complexity index is 695. The summed E-state index contributed by atoms with van der Waals surface area (Å²) in [5.74, 6) is 0.252. The molecule has 88 valence electrons. The number of carbonyl (C=O) groups is 1. The van der Waals surface area contributed by atoms with E-state index < -0.39 is 0 Å². The molecule has 0 saturated heterocycles. The van der Waals surface area contributed by atoms with Gasteiger partial charge in [-0.05, 0) is 24.3 Å². The van der Waals surface area contributed by atoms with Gasteiger partial charge in [0, 0.05) is 15.4 Å². The summed E-state index contributed by atoms with van der Waals surface area (Å²) >= 11 is 3.38. The minimum Gasteiger partial charge on any atom is -0.453 e. The summed E-state index contributed by atoms with van der Waals surface area (Å²) in [6, 6.07) is 16.7. The fourth-order valence-electron chi connectivity index (χ4n) is 1.87. The minimum absolute atomic E-state index is 0.112. The van der Waals surface area contributed by atoms with Gasteiger partial charge < -0.3 is 4.42 Å². The van der Waals surface area contributed by atoms with Crippen molar-refractivity contribution >= 4 is 32.7 Å². The van der Waals surface area contributed by atoms with Gasteiger partial charge in [0.15, 0.2) is 5.76 Å². The number of furan rings is 1. The van der Waals surface area contributed by atoms with E-state index in [9.17, 15) is 4.79 Å². The maximum Gasteiger partial charge on any atom is 0.229 e. The Morgan fingerprint density at radius 1 is 1.00 bits per heavy atom. The van der Waals surface area contributed by atoms with E-state index in [2.05, 4.69) is 15.9 Å². The molecule has 0 radical (unpaired) electrons. The quantitative estimate of drug-likeness (QED) is 0.656. The van der Waals surface area contributed by atoms with Crippen LogP contribution in [0.1, 0.15) is 16.1 Å². The molecule has 0 amide bonds. The Labute approximate surface area is 112 Å².